The smallest absolute Gasteiger partial charge is 0.307 e. The molecule has 7 heteroatoms. The molecule has 0 aromatic heterocycles. The summed E-state index contributed by atoms with van der Waals surface area (Å²) in [4.78, 5) is 38.3. The number of carboxylic acids is 1. The fourth-order valence-electron chi connectivity index (χ4n) is 3.65. The predicted molar refractivity (Wildman–Crippen MR) is 103 cm³/mol. The molecule has 2 amide bonds. The molecule has 0 saturated carbocycles. The number of aliphatic carboxylic acids is 1. The Morgan fingerprint density at radius 3 is 2.33 bits per heavy atom. The van der Waals surface area contributed by atoms with E-state index in [0.29, 0.717) is 24.1 Å². The Bertz CT molecular complexity index is 771. The molecule has 1 heterocycles. The van der Waals surface area contributed by atoms with Crippen molar-refractivity contribution in [3.63, 3.8) is 0 Å². The minimum absolute atomic E-state index is 0.0964. The number of anilines is 1. The fraction of sp³-hybridized carbons (Fsp3) is 0.450. The van der Waals surface area contributed by atoms with E-state index in [1.165, 1.54) is 0 Å². The number of nitrogens with one attached hydrogen (secondary N) is 1. The van der Waals surface area contributed by atoms with Crippen molar-refractivity contribution < 1.29 is 19.5 Å². The van der Waals surface area contributed by atoms with Gasteiger partial charge < -0.3 is 15.3 Å². The second-order valence-corrected chi connectivity index (χ2v) is 7.44. The maximum absolute atomic E-state index is 12.6. The van der Waals surface area contributed by atoms with Crippen molar-refractivity contribution in [2.45, 2.75) is 32.1 Å². The maximum Gasteiger partial charge on any atom is 0.307 e. The lowest BCUT2D eigenvalue weighted by molar-refractivity contribution is -0.146. The van der Waals surface area contributed by atoms with Crippen molar-refractivity contribution >= 4 is 35.1 Å². The van der Waals surface area contributed by atoms with E-state index < -0.39 is 17.8 Å². The van der Waals surface area contributed by atoms with E-state index in [-0.39, 0.29) is 16.8 Å². The van der Waals surface area contributed by atoms with Gasteiger partial charge in [-0.1, -0.05) is 23.8 Å². The zero-order chi connectivity index (χ0) is 19.4. The topological polar surface area (TPSA) is 86.7 Å². The van der Waals surface area contributed by atoms with Crippen LogP contribution in [-0.2, 0) is 9.59 Å². The van der Waals surface area contributed by atoms with Gasteiger partial charge in [-0.05, 0) is 50.3 Å². The van der Waals surface area contributed by atoms with Crippen molar-refractivity contribution in [2.75, 3.05) is 18.4 Å². The molecule has 144 valence electrons. The van der Waals surface area contributed by atoms with Crippen LogP contribution in [0.15, 0.2) is 30.4 Å². The highest BCUT2D eigenvalue weighted by molar-refractivity contribution is 6.34. The quantitative estimate of drug-likeness (QED) is 0.769. The molecule has 0 spiro atoms. The lowest BCUT2D eigenvalue weighted by Gasteiger charge is -2.27. The van der Waals surface area contributed by atoms with E-state index >= 15 is 0 Å². The standard InChI is InChI=1S/C20H23ClN2O4/c21-17-12-13(8-9-16(17)19(25)23-10-4-1-5-11-23)22-18(24)14-6-2-3-7-15(14)20(26)27/h2-3,8-9,12,14-15H,1,4-7,10-11H2,(H,22,24)(H,26,27)/t14-,15-/m1/s1. The summed E-state index contributed by atoms with van der Waals surface area (Å²) in [5.41, 5.74) is 0.875. The minimum atomic E-state index is -0.972. The van der Waals surface area contributed by atoms with Gasteiger partial charge >= 0.3 is 5.97 Å². The Hall–Kier alpha value is -2.34. The number of hydrogen-bond donors (Lipinski definition) is 2. The van der Waals surface area contributed by atoms with Crippen LogP contribution in [0, 0.1) is 11.8 Å². The van der Waals surface area contributed by atoms with Crippen LogP contribution in [0.2, 0.25) is 5.02 Å². The van der Waals surface area contributed by atoms with Crippen LogP contribution in [-0.4, -0.2) is 40.9 Å². The summed E-state index contributed by atoms with van der Waals surface area (Å²) in [6, 6.07) is 4.80. The molecule has 1 fully saturated rings. The SMILES string of the molecule is O=C(O)[C@@H]1CC=CC[C@H]1C(=O)Nc1ccc(C(=O)N2CCCCC2)c(Cl)c1. The zero-order valence-corrected chi connectivity index (χ0v) is 15.7. The first-order valence-corrected chi connectivity index (χ1v) is 9.62. The molecule has 1 aromatic carbocycles. The van der Waals surface area contributed by atoms with Crippen molar-refractivity contribution in [3.05, 3.63) is 40.9 Å². The summed E-state index contributed by atoms with van der Waals surface area (Å²) < 4.78 is 0. The minimum Gasteiger partial charge on any atom is -0.481 e. The molecule has 0 bridgehead atoms. The number of piperidine rings is 1. The second-order valence-electron chi connectivity index (χ2n) is 7.03. The Kier molecular flexibility index (Phi) is 6.16. The summed E-state index contributed by atoms with van der Waals surface area (Å²) in [6.45, 7) is 1.47. The van der Waals surface area contributed by atoms with Crippen LogP contribution in [0.5, 0.6) is 0 Å². The molecule has 6 nitrogen and oxygen atoms in total. The van der Waals surface area contributed by atoms with Crippen LogP contribution in [0.25, 0.3) is 0 Å². The number of benzene rings is 1. The molecule has 3 rings (SSSR count). The van der Waals surface area contributed by atoms with Crippen LogP contribution >= 0.6 is 11.6 Å². The highest BCUT2D eigenvalue weighted by Crippen LogP contribution is 2.29. The van der Waals surface area contributed by atoms with Crippen LogP contribution in [0.3, 0.4) is 0 Å². The van der Waals surface area contributed by atoms with Crippen LogP contribution in [0.4, 0.5) is 5.69 Å². The van der Waals surface area contributed by atoms with E-state index in [1.807, 2.05) is 6.08 Å². The lowest BCUT2D eigenvalue weighted by atomic mass is 9.82. The summed E-state index contributed by atoms with van der Waals surface area (Å²) in [6.07, 6.45) is 7.49. The fourth-order valence-corrected chi connectivity index (χ4v) is 3.91. The van der Waals surface area contributed by atoms with E-state index in [9.17, 15) is 19.5 Å². The number of nitrogens with zero attached hydrogens (tertiary/aromatic N) is 1. The number of carbonyl (C=O) groups excluding carboxylic acids is 2. The van der Waals surface area contributed by atoms with Gasteiger partial charge in [0.15, 0.2) is 0 Å². The first-order chi connectivity index (χ1) is 13.0. The number of carboxylic acid groups (broad SMARTS) is 1. The highest BCUT2D eigenvalue weighted by Gasteiger charge is 2.34. The third-order valence-electron chi connectivity index (χ3n) is 5.20. The largest absolute Gasteiger partial charge is 0.481 e. The van der Waals surface area contributed by atoms with Gasteiger partial charge in [0.2, 0.25) is 5.91 Å². The number of rotatable bonds is 4. The summed E-state index contributed by atoms with van der Waals surface area (Å²) >= 11 is 6.29. The van der Waals surface area contributed by atoms with Crippen molar-refractivity contribution in [1.82, 2.24) is 4.90 Å². The van der Waals surface area contributed by atoms with Gasteiger partial charge in [0.05, 0.1) is 22.4 Å². The number of likely N-dealkylation sites (tertiary alicyclic amines) is 1. The van der Waals surface area contributed by atoms with E-state index in [0.717, 1.165) is 32.4 Å². The van der Waals surface area contributed by atoms with Gasteiger partial charge in [-0.15, -0.1) is 0 Å². The predicted octanol–water partition coefficient (Wildman–Crippen LogP) is 3.57. The molecule has 2 N–H and O–H groups in total. The van der Waals surface area contributed by atoms with Gasteiger partial charge in [0.1, 0.15) is 0 Å². The average molecular weight is 391 g/mol. The monoisotopic (exact) mass is 390 g/mol. The first-order valence-electron chi connectivity index (χ1n) is 9.25. The van der Waals surface area contributed by atoms with E-state index in [2.05, 4.69) is 5.32 Å². The molecule has 0 radical (unpaired) electrons. The summed E-state index contributed by atoms with van der Waals surface area (Å²) in [7, 11) is 0. The van der Waals surface area contributed by atoms with Crippen molar-refractivity contribution in [2.24, 2.45) is 11.8 Å². The number of hydrogen-bond acceptors (Lipinski definition) is 3. The van der Waals surface area contributed by atoms with E-state index in [4.69, 9.17) is 11.6 Å². The van der Waals surface area contributed by atoms with Crippen LogP contribution < -0.4 is 5.32 Å². The number of allylic oxidation sites excluding steroid dienone is 2. The molecular weight excluding hydrogens is 368 g/mol. The Morgan fingerprint density at radius 1 is 1.04 bits per heavy atom. The number of carbonyl (C=O) groups is 3. The first kappa shape index (κ1) is 19.4. The molecule has 1 saturated heterocycles. The molecule has 1 aliphatic heterocycles. The van der Waals surface area contributed by atoms with Gasteiger partial charge in [-0.2, -0.15) is 0 Å². The van der Waals surface area contributed by atoms with Crippen molar-refractivity contribution in [1.29, 1.82) is 0 Å². The highest BCUT2D eigenvalue weighted by atomic mass is 35.5. The Morgan fingerprint density at radius 2 is 1.70 bits per heavy atom. The summed E-state index contributed by atoms with van der Waals surface area (Å²) in [5, 5.41) is 12.3. The number of halogens is 1. The average Bonchev–Trinajstić information content (AvgIpc) is 2.68. The molecule has 2 aliphatic rings. The lowest BCUT2D eigenvalue weighted by Crippen LogP contribution is -2.36. The molecule has 1 aliphatic carbocycles. The molecule has 2 atom stereocenters. The molecule has 0 unspecified atom stereocenters. The Labute approximate surface area is 163 Å². The third kappa shape index (κ3) is 4.50. The van der Waals surface area contributed by atoms with Gasteiger partial charge in [-0.3, -0.25) is 14.4 Å². The molecular formula is C20H23ClN2O4. The Balaban J connectivity index is 1.70. The second kappa shape index (κ2) is 8.57. The van der Waals surface area contributed by atoms with Crippen molar-refractivity contribution in [3.8, 4) is 0 Å². The molecule has 1 aromatic rings. The zero-order valence-electron chi connectivity index (χ0n) is 15.0. The van der Waals surface area contributed by atoms with Crippen LogP contribution in [0.1, 0.15) is 42.5 Å². The normalized spacial score (nSPS) is 22.3. The van der Waals surface area contributed by atoms with Gasteiger partial charge in [0, 0.05) is 18.8 Å². The van der Waals surface area contributed by atoms with Gasteiger partial charge in [0.25, 0.3) is 5.91 Å². The number of amides is 2. The van der Waals surface area contributed by atoms with Gasteiger partial charge in [-0.25, -0.2) is 0 Å². The maximum atomic E-state index is 12.6. The summed E-state index contributed by atoms with van der Waals surface area (Å²) in [5.74, 6) is -2.77. The third-order valence-corrected chi connectivity index (χ3v) is 5.51. The molecule has 27 heavy (non-hydrogen) atoms. The van der Waals surface area contributed by atoms with E-state index in [1.54, 1.807) is 29.2 Å².